The second-order valence-corrected chi connectivity index (χ2v) is 9.33. The molecule has 1 saturated carbocycles. The molecule has 0 bridgehead atoms. The Bertz CT molecular complexity index is 1390. The average molecular weight is 498 g/mol. The largest absolute Gasteiger partial charge is 0.487 e. The first kappa shape index (κ1) is 23.2. The van der Waals surface area contributed by atoms with Crippen molar-refractivity contribution in [3.8, 4) is 23.1 Å². The molecule has 1 aromatic carbocycles. The number of halogens is 3. The van der Waals surface area contributed by atoms with Gasteiger partial charge in [-0.05, 0) is 31.0 Å². The van der Waals surface area contributed by atoms with Gasteiger partial charge in [-0.3, -0.25) is 4.79 Å². The lowest BCUT2D eigenvalue weighted by atomic mass is 10.0. The third kappa shape index (κ3) is 4.46. The lowest BCUT2D eigenvalue weighted by molar-refractivity contribution is 0.163. The summed E-state index contributed by atoms with van der Waals surface area (Å²) in [6.45, 7) is 1.08. The third-order valence-corrected chi connectivity index (χ3v) is 6.80. The van der Waals surface area contributed by atoms with E-state index < -0.39 is 17.0 Å². The summed E-state index contributed by atoms with van der Waals surface area (Å²) < 4.78 is 34.4. The van der Waals surface area contributed by atoms with Gasteiger partial charge in [-0.2, -0.15) is 5.26 Å². The summed E-state index contributed by atoms with van der Waals surface area (Å²) in [6, 6.07) is 8.73. The second-order valence-electron chi connectivity index (χ2n) is 8.98. The maximum absolute atomic E-state index is 14.0. The van der Waals surface area contributed by atoms with E-state index in [1.54, 1.807) is 19.3 Å². The Balaban J connectivity index is 1.44. The molecule has 1 aliphatic heterocycles. The van der Waals surface area contributed by atoms with E-state index in [-0.39, 0.29) is 22.6 Å². The zero-order valence-corrected chi connectivity index (χ0v) is 19.7. The molecular formula is C25H22ClF2N5O2. The number of hydrogen-bond acceptors (Lipinski definition) is 6. The van der Waals surface area contributed by atoms with Gasteiger partial charge >= 0.3 is 0 Å². The smallest absolute Gasteiger partial charge is 0.250 e. The molecule has 1 saturated heterocycles. The molecule has 2 aromatic heterocycles. The van der Waals surface area contributed by atoms with Crippen molar-refractivity contribution in [2.45, 2.75) is 37.2 Å². The number of pyridine rings is 1. The number of nitriles is 1. The van der Waals surface area contributed by atoms with Gasteiger partial charge < -0.3 is 14.2 Å². The summed E-state index contributed by atoms with van der Waals surface area (Å²) >= 11 is 6.53. The molecule has 2 fully saturated rings. The van der Waals surface area contributed by atoms with Crippen molar-refractivity contribution in [1.82, 2.24) is 14.5 Å². The predicted molar refractivity (Wildman–Crippen MR) is 126 cm³/mol. The van der Waals surface area contributed by atoms with Crippen molar-refractivity contribution >= 4 is 17.4 Å². The van der Waals surface area contributed by atoms with Crippen molar-refractivity contribution < 1.29 is 13.5 Å². The van der Waals surface area contributed by atoms with Crippen molar-refractivity contribution in [3.63, 3.8) is 0 Å². The van der Waals surface area contributed by atoms with Crippen LogP contribution in [0.1, 0.15) is 31.4 Å². The van der Waals surface area contributed by atoms with E-state index >= 15 is 0 Å². The number of nitrogens with zero attached hydrogens (tertiary/aromatic N) is 5. The van der Waals surface area contributed by atoms with Gasteiger partial charge in [0.05, 0.1) is 11.8 Å². The molecule has 5 rings (SSSR count). The minimum atomic E-state index is -0.732. The van der Waals surface area contributed by atoms with Crippen LogP contribution < -0.4 is 15.2 Å². The van der Waals surface area contributed by atoms with E-state index in [1.165, 1.54) is 22.8 Å². The zero-order valence-electron chi connectivity index (χ0n) is 19.0. The Hall–Kier alpha value is -3.51. The Kier molecular flexibility index (Phi) is 5.93. The maximum Gasteiger partial charge on any atom is 0.250 e. The van der Waals surface area contributed by atoms with Gasteiger partial charge in [-0.15, -0.1) is 0 Å². The van der Waals surface area contributed by atoms with Gasteiger partial charge in [0.1, 0.15) is 23.0 Å². The van der Waals surface area contributed by atoms with Crippen molar-refractivity contribution in [2.75, 3.05) is 18.0 Å². The van der Waals surface area contributed by atoms with Crippen LogP contribution in [0.4, 0.5) is 14.6 Å². The quantitative estimate of drug-likeness (QED) is 0.520. The fraction of sp³-hybridized carbons (Fsp3) is 0.360. The molecule has 3 heterocycles. The van der Waals surface area contributed by atoms with Crippen molar-refractivity contribution in [1.29, 1.82) is 5.26 Å². The molecule has 0 spiro atoms. The number of ether oxygens (including phenoxy) is 1. The van der Waals surface area contributed by atoms with E-state index in [9.17, 15) is 18.8 Å². The fourth-order valence-electron chi connectivity index (χ4n) is 4.32. The molecule has 35 heavy (non-hydrogen) atoms. The number of anilines is 1. The summed E-state index contributed by atoms with van der Waals surface area (Å²) in [5.41, 5.74) is 0.815. The molecule has 0 amide bonds. The molecular weight excluding hydrogens is 476 g/mol. The Labute approximate surface area is 205 Å². The Morgan fingerprint density at radius 3 is 2.54 bits per heavy atom. The van der Waals surface area contributed by atoms with E-state index in [4.69, 9.17) is 21.3 Å². The molecule has 3 aromatic rings. The first-order chi connectivity index (χ1) is 16.8. The number of aromatic nitrogens is 3. The Morgan fingerprint density at radius 2 is 1.91 bits per heavy atom. The van der Waals surface area contributed by atoms with E-state index in [0.29, 0.717) is 61.5 Å². The Morgan fingerprint density at radius 1 is 1.17 bits per heavy atom. The van der Waals surface area contributed by atoms with E-state index in [1.807, 2.05) is 4.90 Å². The summed E-state index contributed by atoms with van der Waals surface area (Å²) in [7, 11) is 1.66. The number of benzene rings is 1. The van der Waals surface area contributed by atoms with Crippen LogP contribution >= 0.6 is 11.6 Å². The lowest BCUT2D eigenvalue weighted by Gasteiger charge is -2.34. The monoisotopic (exact) mass is 497 g/mol. The van der Waals surface area contributed by atoms with Crippen LogP contribution in [0.5, 0.6) is 5.75 Å². The molecule has 0 N–H and O–H groups in total. The van der Waals surface area contributed by atoms with Gasteiger partial charge in [0.25, 0.3) is 0 Å². The van der Waals surface area contributed by atoms with Gasteiger partial charge in [0.2, 0.25) is 5.56 Å². The van der Waals surface area contributed by atoms with Crippen molar-refractivity contribution in [3.05, 3.63) is 69.4 Å². The number of rotatable bonds is 5. The molecule has 10 heteroatoms. The highest BCUT2D eigenvalue weighted by molar-refractivity contribution is 6.30. The fourth-order valence-corrected chi connectivity index (χ4v) is 4.62. The highest BCUT2D eigenvalue weighted by Crippen LogP contribution is 2.49. The summed E-state index contributed by atoms with van der Waals surface area (Å²) in [4.78, 5) is 23.4. The number of aryl methyl sites for hydroxylation is 1. The molecule has 7 nitrogen and oxygen atoms in total. The minimum absolute atomic E-state index is 0.0224. The average Bonchev–Trinajstić information content (AvgIpc) is 3.64. The summed E-state index contributed by atoms with van der Waals surface area (Å²) in [6.07, 6.45) is 3.94. The second kappa shape index (κ2) is 8.93. The first-order valence-electron chi connectivity index (χ1n) is 11.3. The first-order valence-corrected chi connectivity index (χ1v) is 11.7. The SMILES string of the molecule is Cn1cc(-c2nc(C3(C#N)CC3)c(Cl)nc2N2CCC(Oc3ccc(F)cc3F)CC2)ccc1=O. The third-order valence-electron chi connectivity index (χ3n) is 6.54. The molecule has 180 valence electrons. The normalized spacial score (nSPS) is 17.2. The number of hydrogen-bond donors (Lipinski definition) is 0. The van der Waals surface area contributed by atoms with Gasteiger partial charge in [-0.1, -0.05) is 11.6 Å². The molecule has 0 unspecified atom stereocenters. The van der Waals surface area contributed by atoms with Crippen LogP contribution in [0, 0.1) is 23.0 Å². The summed E-state index contributed by atoms with van der Waals surface area (Å²) in [5, 5.41) is 9.88. The number of piperidine rings is 1. The highest BCUT2D eigenvalue weighted by Gasteiger charge is 2.49. The van der Waals surface area contributed by atoms with Gasteiger partial charge in [0, 0.05) is 56.9 Å². The van der Waals surface area contributed by atoms with Crippen LogP contribution in [0.3, 0.4) is 0 Å². The van der Waals surface area contributed by atoms with Crippen molar-refractivity contribution in [2.24, 2.45) is 7.05 Å². The molecule has 0 radical (unpaired) electrons. The molecule has 2 aliphatic rings. The predicted octanol–water partition coefficient (Wildman–Crippen LogP) is 4.38. The minimum Gasteiger partial charge on any atom is -0.487 e. The zero-order chi connectivity index (χ0) is 24.7. The van der Waals surface area contributed by atoms with Gasteiger partial charge in [-0.25, -0.2) is 18.7 Å². The van der Waals surface area contributed by atoms with Crippen LogP contribution in [0.25, 0.3) is 11.3 Å². The van der Waals surface area contributed by atoms with E-state index in [0.717, 1.165) is 6.07 Å². The van der Waals surface area contributed by atoms with Crippen LogP contribution in [0.2, 0.25) is 5.15 Å². The summed E-state index contributed by atoms with van der Waals surface area (Å²) in [5.74, 6) is -0.810. The van der Waals surface area contributed by atoms with Gasteiger partial charge in [0.15, 0.2) is 22.5 Å². The maximum atomic E-state index is 14.0. The highest BCUT2D eigenvalue weighted by atomic mass is 35.5. The van der Waals surface area contributed by atoms with Crippen LogP contribution in [-0.2, 0) is 12.5 Å². The molecule has 1 aliphatic carbocycles. The lowest BCUT2D eigenvalue weighted by Crippen LogP contribution is -2.39. The standard InChI is InChI=1S/C25H22ClF2N5O2/c1-32-13-15(2-5-20(32)34)21-24(31-23(26)22(30-21)25(14-29)8-9-25)33-10-6-17(7-11-33)35-19-4-3-16(27)12-18(19)28/h2-5,12-13,17H,6-11H2,1H3. The van der Waals surface area contributed by atoms with Crippen LogP contribution in [0.15, 0.2) is 41.3 Å². The van der Waals surface area contributed by atoms with Crippen LogP contribution in [-0.4, -0.2) is 33.7 Å². The molecule has 0 atom stereocenters. The topological polar surface area (TPSA) is 84.0 Å². The van der Waals surface area contributed by atoms with E-state index in [2.05, 4.69) is 11.1 Å².